The summed E-state index contributed by atoms with van der Waals surface area (Å²) in [5.41, 5.74) is 1.77. The molecule has 29 heavy (non-hydrogen) atoms. The SMILES string of the molecule is CNC(=O)S/C(C=O)=C\c1ccnc(N2CCC(CNCc3ccoc3)CC2)n1. The molecule has 9 heteroatoms. The lowest BCUT2D eigenvalue weighted by Gasteiger charge is -2.32. The van der Waals surface area contributed by atoms with Gasteiger partial charge in [0.05, 0.1) is 23.1 Å². The summed E-state index contributed by atoms with van der Waals surface area (Å²) in [4.78, 5) is 34.1. The first-order valence-electron chi connectivity index (χ1n) is 9.54. The Bertz CT molecular complexity index is 832. The summed E-state index contributed by atoms with van der Waals surface area (Å²) in [6.45, 7) is 3.57. The molecule has 1 saturated heterocycles. The van der Waals surface area contributed by atoms with Gasteiger partial charge in [-0.25, -0.2) is 9.97 Å². The van der Waals surface area contributed by atoms with Gasteiger partial charge in [-0.05, 0) is 55.3 Å². The van der Waals surface area contributed by atoms with Crippen LogP contribution in [-0.4, -0.2) is 48.2 Å². The molecular weight excluding hydrogens is 390 g/mol. The van der Waals surface area contributed by atoms with E-state index in [0.29, 0.717) is 28.8 Å². The molecule has 0 atom stereocenters. The van der Waals surface area contributed by atoms with E-state index < -0.39 is 0 Å². The Morgan fingerprint density at radius 1 is 1.38 bits per heavy atom. The minimum atomic E-state index is -0.291. The van der Waals surface area contributed by atoms with Crippen LogP contribution in [-0.2, 0) is 11.3 Å². The van der Waals surface area contributed by atoms with Crippen LogP contribution in [0.4, 0.5) is 10.7 Å². The van der Waals surface area contributed by atoms with Gasteiger partial charge in [0.15, 0.2) is 6.29 Å². The van der Waals surface area contributed by atoms with Crippen molar-refractivity contribution >= 4 is 35.3 Å². The molecule has 0 aliphatic carbocycles. The smallest absolute Gasteiger partial charge is 0.283 e. The summed E-state index contributed by atoms with van der Waals surface area (Å²) >= 11 is 0.844. The second-order valence-corrected chi connectivity index (χ2v) is 7.82. The molecule has 2 aromatic heterocycles. The maximum atomic E-state index is 11.5. The summed E-state index contributed by atoms with van der Waals surface area (Å²) in [6, 6.07) is 3.70. The molecule has 1 aliphatic heterocycles. The van der Waals surface area contributed by atoms with Crippen molar-refractivity contribution in [2.24, 2.45) is 5.92 Å². The number of aromatic nitrogens is 2. The molecule has 0 unspecified atom stereocenters. The first kappa shape index (κ1) is 21.1. The number of furan rings is 1. The minimum absolute atomic E-state index is 0.291. The van der Waals surface area contributed by atoms with E-state index in [0.717, 1.165) is 56.3 Å². The van der Waals surface area contributed by atoms with Gasteiger partial charge < -0.3 is 20.0 Å². The zero-order chi connectivity index (χ0) is 20.5. The van der Waals surface area contributed by atoms with Crippen molar-refractivity contribution in [1.82, 2.24) is 20.6 Å². The topological polar surface area (TPSA) is 100 Å². The van der Waals surface area contributed by atoms with Crippen LogP contribution >= 0.6 is 11.8 Å². The van der Waals surface area contributed by atoms with Gasteiger partial charge in [-0.2, -0.15) is 0 Å². The Morgan fingerprint density at radius 3 is 2.90 bits per heavy atom. The Balaban J connectivity index is 1.52. The monoisotopic (exact) mass is 415 g/mol. The third-order valence-corrected chi connectivity index (χ3v) is 5.56. The number of anilines is 1. The molecule has 3 heterocycles. The van der Waals surface area contributed by atoms with Gasteiger partial charge in [-0.15, -0.1) is 0 Å². The maximum Gasteiger partial charge on any atom is 0.283 e. The van der Waals surface area contributed by atoms with Crippen molar-refractivity contribution < 1.29 is 14.0 Å². The minimum Gasteiger partial charge on any atom is -0.472 e. The second-order valence-electron chi connectivity index (χ2n) is 6.78. The molecule has 8 nitrogen and oxygen atoms in total. The van der Waals surface area contributed by atoms with Gasteiger partial charge in [-0.1, -0.05) is 0 Å². The van der Waals surface area contributed by atoms with Crippen molar-refractivity contribution in [1.29, 1.82) is 0 Å². The highest BCUT2D eigenvalue weighted by Crippen LogP contribution is 2.22. The van der Waals surface area contributed by atoms with Crippen LogP contribution in [0.15, 0.2) is 40.2 Å². The number of hydrogen-bond donors (Lipinski definition) is 2. The highest BCUT2D eigenvalue weighted by Gasteiger charge is 2.21. The van der Waals surface area contributed by atoms with Gasteiger partial charge >= 0.3 is 0 Å². The Kier molecular flexibility index (Phi) is 7.83. The second kappa shape index (κ2) is 10.8. The zero-order valence-corrected chi connectivity index (χ0v) is 17.2. The van der Waals surface area contributed by atoms with E-state index >= 15 is 0 Å². The number of carbonyl (C=O) groups is 2. The maximum absolute atomic E-state index is 11.5. The summed E-state index contributed by atoms with van der Waals surface area (Å²) < 4.78 is 5.08. The van der Waals surface area contributed by atoms with Crippen LogP contribution in [0.5, 0.6) is 0 Å². The van der Waals surface area contributed by atoms with E-state index in [1.54, 1.807) is 30.9 Å². The highest BCUT2D eigenvalue weighted by molar-refractivity contribution is 8.17. The molecule has 2 aromatic rings. The number of aldehydes is 1. The highest BCUT2D eigenvalue weighted by atomic mass is 32.2. The molecule has 2 N–H and O–H groups in total. The van der Waals surface area contributed by atoms with Gasteiger partial charge in [0.25, 0.3) is 5.24 Å². The quantitative estimate of drug-likeness (QED) is 0.501. The summed E-state index contributed by atoms with van der Waals surface area (Å²) in [5.74, 6) is 1.27. The van der Waals surface area contributed by atoms with Crippen LogP contribution in [0, 0.1) is 5.92 Å². The van der Waals surface area contributed by atoms with Crippen molar-refractivity contribution in [2.45, 2.75) is 19.4 Å². The van der Waals surface area contributed by atoms with E-state index in [9.17, 15) is 9.59 Å². The fourth-order valence-electron chi connectivity index (χ4n) is 3.14. The van der Waals surface area contributed by atoms with Gasteiger partial charge in [-0.3, -0.25) is 9.59 Å². The van der Waals surface area contributed by atoms with E-state index in [-0.39, 0.29) is 5.24 Å². The van der Waals surface area contributed by atoms with E-state index in [4.69, 9.17) is 4.42 Å². The predicted molar refractivity (Wildman–Crippen MR) is 113 cm³/mol. The van der Waals surface area contributed by atoms with Gasteiger partial charge in [0, 0.05) is 38.4 Å². The lowest BCUT2D eigenvalue weighted by atomic mass is 9.97. The molecule has 0 spiro atoms. The molecule has 0 radical (unpaired) electrons. The number of piperidine rings is 1. The molecule has 0 aromatic carbocycles. The van der Waals surface area contributed by atoms with Crippen molar-refractivity contribution in [3.8, 4) is 0 Å². The Morgan fingerprint density at radius 2 is 2.21 bits per heavy atom. The molecule has 1 aliphatic rings. The number of nitrogens with one attached hydrogen (secondary N) is 2. The average molecular weight is 416 g/mol. The molecule has 1 amide bonds. The molecule has 0 bridgehead atoms. The fourth-order valence-corrected chi connectivity index (χ4v) is 3.68. The largest absolute Gasteiger partial charge is 0.472 e. The first-order valence-corrected chi connectivity index (χ1v) is 10.4. The predicted octanol–water partition coefficient (Wildman–Crippen LogP) is 2.69. The number of thioether (sulfide) groups is 1. The number of allylic oxidation sites excluding steroid dienone is 1. The summed E-state index contributed by atoms with van der Waals surface area (Å²) in [7, 11) is 1.52. The number of rotatable bonds is 8. The lowest BCUT2D eigenvalue weighted by molar-refractivity contribution is -0.104. The van der Waals surface area contributed by atoms with Gasteiger partial charge in [0.2, 0.25) is 5.95 Å². The van der Waals surface area contributed by atoms with E-state index in [1.165, 1.54) is 7.05 Å². The summed E-state index contributed by atoms with van der Waals surface area (Å²) in [5, 5.41) is 5.67. The molecular formula is C20H25N5O3S. The van der Waals surface area contributed by atoms with Crippen LogP contribution < -0.4 is 15.5 Å². The fraction of sp³-hybridized carbons (Fsp3) is 0.400. The van der Waals surface area contributed by atoms with Crippen molar-refractivity contribution in [3.63, 3.8) is 0 Å². The molecule has 1 fully saturated rings. The number of carbonyl (C=O) groups excluding carboxylic acids is 2. The first-order chi connectivity index (χ1) is 14.2. The molecule has 154 valence electrons. The van der Waals surface area contributed by atoms with Crippen molar-refractivity contribution in [3.05, 3.63) is 47.0 Å². The number of nitrogens with zero attached hydrogens (tertiary/aromatic N) is 3. The van der Waals surface area contributed by atoms with Crippen molar-refractivity contribution in [2.75, 3.05) is 31.6 Å². The van der Waals surface area contributed by atoms with Crippen LogP contribution in [0.25, 0.3) is 6.08 Å². The molecule has 0 saturated carbocycles. The molecule has 3 rings (SSSR count). The third kappa shape index (κ3) is 6.43. The third-order valence-electron chi connectivity index (χ3n) is 4.72. The zero-order valence-electron chi connectivity index (χ0n) is 16.3. The normalized spacial score (nSPS) is 15.3. The number of amides is 1. The summed E-state index contributed by atoms with van der Waals surface area (Å²) in [6.07, 6.45) is 9.52. The van der Waals surface area contributed by atoms with Crippen LogP contribution in [0.2, 0.25) is 0 Å². The van der Waals surface area contributed by atoms with E-state index in [1.807, 2.05) is 6.07 Å². The van der Waals surface area contributed by atoms with Gasteiger partial charge in [0.1, 0.15) is 0 Å². The number of hydrogen-bond acceptors (Lipinski definition) is 8. The van der Waals surface area contributed by atoms with E-state index in [2.05, 4.69) is 25.5 Å². The Hall–Kier alpha value is -2.65. The van der Waals surface area contributed by atoms with Crippen LogP contribution in [0.3, 0.4) is 0 Å². The lowest BCUT2D eigenvalue weighted by Crippen LogP contribution is -2.38. The van der Waals surface area contributed by atoms with Crippen LogP contribution in [0.1, 0.15) is 24.1 Å². The average Bonchev–Trinajstić information content (AvgIpc) is 3.27. The standard InChI is InChI=1S/C20H25N5O3S/c1-21-20(27)29-18(13-26)10-17-2-6-23-19(24-17)25-7-3-15(4-8-25)11-22-12-16-5-9-28-14-16/h2,5-6,9-10,13-15,22H,3-4,7-8,11-12H2,1H3,(H,21,27)/b18-10-. The Labute approximate surface area is 174 Å².